The molecular weight excluding hydrogens is 445 g/mol. The molecule has 1 saturated carbocycles. The SMILES string of the molecule is O=C(COc1ccc2c(c1)C(c1ccc(F)cc1)N(C(=O)C1CC1)CC2)NCCc1ccccn1. The average molecular weight is 474 g/mol. The summed E-state index contributed by atoms with van der Waals surface area (Å²) in [4.78, 5) is 31.5. The van der Waals surface area contributed by atoms with Crippen molar-refractivity contribution in [3.05, 3.63) is 95.1 Å². The van der Waals surface area contributed by atoms with Crippen LogP contribution in [0.25, 0.3) is 0 Å². The summed E-state index contributed by atoms with van der Waals surface area (Å²) in [5.74, 6) is 0.295. The van der Waals surface area contributed by atoms with Crippen LogP contribution in [0, 0.1) is 11.7 Å². The van der Waals surface area contributed by atoms with Gasteiger partial charge in [0.1, 0.15) is 11.6 Å². The molecule has 1 unspecified atom stereocenters. The Balaban J connectivity index is 1.29. The van der Waals surface area contributed by atoms with E-state index in [1.54, 1.807) is 18.3 Å². The summed E-state index contributed by atoms with van der Waals surface area (Å²) >= 11 is 0. The van der Waals surface area contributed by atoms with Gasteiger partial charge in [0.25, 0.3) is 5.91 Å². The highest BCUT2D eigenvalue weighted by Crippen LogP contribution is 2.41. The molecule has 1 aliphatic heterocycles. The van der Waals surface area contributed by atoms with Crippen molar-refractivity contribution in [1.29, 1.82) is 0 Å². The maximum absolute atomic E-state index is 13.6. The number of pyridine rings is 1. The first-order valence-corrected chi connectivity index (χ1v) is 12.1. The fourth-order valence-corrected chi connectivity index (χ4v) is 4.57. The molecule has 1 aromatic heterocycles. The van der Waals surface area contributed by atoms with Gasteiger partial charge in [-0.25, -0.2) is 4.39 Å². The van der Waals surface area contributed by atoms with Gasteiger partial charge in [-0.15, -0.1) is 0 Å². The van der Waals surface area contributed by atoms with E-state index in [2.05, 4.69) is 10.3 Å². The summed E-state index contributed by atoms with van der Waals surface area (Å²) in [5, 5.41) is 2.85. The van der Waals surface area contributed by atoms with Gasteiger partial charge in [-0.1, -0.05) is 24.3 Å². The number of fused-ring (bicyclic) bond motifs is 1. The minimum absolute atomic E-state index is 0.0914. The predicted octanol–water partition coefficient (Wildman–Crippen LogP) is 3.84. The summed E-state index contributed by atoms with van der Waals surface area (Å²) in [7, 11) is 0. The third kappa shape index (κ3) is 5.50. The van der Waals surface area contributed by atoms with Gasteiger partial charge in [-0.05, 0) is 72.4 Å². The second-order valence-electron chi connectivity index (χ2n) is 9.08. The number of rotatable bonds is 8. The highest BCUT2D eigenvalue weighted by Gasteiger charge is 2.39. The van der Waals surface area contributed by atoms with Crippen LogP contribution in [0.5, 0.6) is 5.75 Å². The van der Waals surface area contributed by atoms with Crippen molar-refractivity contribution in [3.8, 4) is 5.75 Å². The lowest BCUT2D eigenvalue weighted by Crippen LogP contribution is -2.41. The van der Waals surface area contributed by atoms with Crippen molar-refractivity contribution in [3.63, 3.8) is 0 Å². The number of halogens is 1. The Morgan fingerprint density at radius 1 is 1.09 bits per heavy atom. The minimum Gasteiger partial charge on any atom is -0.484 e. The fraction of sp³-hybridized carbons (Fsp3) is 0.321. The molecular formula is C28H28FN3O3. The number of hydrogen-bond acceptors (Lipinski definition) is 4. The fourth-order valence-electron chi connectivity index (χ4n) is 4.57. The summed E-state index contributed by atoms with van der Waals surface area (Å²) in [6.45, 7) is 1.00. The zero-order chi connectivity index (χ0) is 24.2. The molecule has 6 nitrogen and oxygen atoms in total. The summed E-state index contributed by atoms with van der Waals surface area (Å²) in [6.07, 6.45) is 4.98. The van der Waals surface area contributed by atoms with E-state index in [-0.39, 0.29) is 36.2 Å². The molecule has 0 radical (unpaired) electrons. The van der Waals surface area contributed by atoms with E-state index in [1.165, 1.54) is 12.1 Å². The van der Waals surface area contributed by atoms with Crippen molar-refractivity contribution >= 4 is 11.8 Å². The Bertz CT molecular complexity index is 1200. The van der Waals surface area contributed by atoms with Crippen molar-refractivity contribution in [2.24, 2.45) is 5.92 Å². The lowest BCUT2D eigenvalue weighted by Gasteiger charge is -2.38. The lowest BCUT2D eigenvalue weighted by molar-refractivity contribution is -0.134. The Labute approximate surface area is 204 Å². The molecule has 5 rings (SSSR count). The number of nitrogens with zero attached hydrogens (tertiary/aromatic N) is 2. The zero-order valence-electron chi connectivity index (χ0n) is 19.5. The van der Waals surface area contributed by atoms with Crippen LogP contribution in [0.2, 0.25) is 0 Å². The van der Waals surface area contributed by atoms with Crippen LogP contribution >= 0.6 is 0 Å². The van der Waals surface area contributed by atoms with Gasteiger partial charge in [-0.3, -0.25) is 14.6 Å². The first kappa shape index (κ1) is 23.0. The number of aromatic nitrogens is 1. The maximum Gasteiger partial charge on any atom is 0.257 e. The summed E-state index contributed by atoms with van der Waals surface area (Å²) < 4.78 is 19.4. The molecule has 3 aromatic rings. The van der Waals surface area contributed by atoms with Crippen LogP contribution in [-0.4, -0.2) is 41.4 Å². The average Bonchev–Trinajstić information content (AvgIpc) is 3.73. The predicted molar refractivity (Wildman–Crippen MR) is 129 cm³/mol. The van der Waals surface area contributed by atoms with Crippen LogP contribution in [0.3, 0.4) is 0 Å². The Hall–Kier alpha value is -3.74. The normalized spacial score (nSPS) is 16.9. The Kier molecular flexibility index (Phi) is 6.75. The smallest absolute Gasteiger partial charge is 0.257 e. The standard InChI is InChI=1S/C28H28FN3O3/c29-22-9-6-20(7-10-22)27-25-17-24(11-8-19(25)13-16-32(27)28(34)21-4-5-21)35-18-26(33)31-15-12-23-3-1-2-14-30-23/h1-3,6-11,14,17,21,27H,4-5,12-13,15-16,18H2,(H,31,33). The molecule has 0 spiro atoms. The topological polar surface area (TPSA) is 71.5 Å². The van der Waals surface area contributed by atoms with Crippen LogP contribution in [0.1, 0.15) is 41.3 Å². The van der Waals surface area contributed by atoms with Crippen molar-refractivity contribution in [2.75, 3.05) is 19.7 Å². The monoisotopic (exact) mass is 473 g/mol. The number of amides is 2. The van der Waals surface area contributed by atoms with E-state index >= 15 is 0 Å². The van der Waals surface area contributed by atoms with Gasteiger partial charge in [0.05, 0.1) is 6.04 Å². The molecule has 2 aromatic carbocycles. The van der Waals surface area contributed by atoms with E-state index in [1.807, 2.05) is 41.3 Å². The van der Waals surface area contributed by atoms with Crippen molar-refractivity contribution < 1.29 is 18.7 Å². The lowest BCUT2D eigenvalue weighted by atomic mass is 9.87. The minimum atomic E-state index is -0.309. The number of carbonyl (C=O) groups excluding carboxylic acids is 2. The first-order valence-electron chi connectivity index (χ1n) is 12.1. The summed E-state index contributed by atoms with van der Waals surface area (Å²) in [6, 6.07) is 17.5. The van der Waals surface area contributed by atoms with Crippen LogP contribution in [-0.2, 0) is 22.4 Å². The van der Waals surface area contributed by atoms with E-state index < -0.39 is 0 Å². The van der Waals surface area contributed by atoms with Gasteiger partial charge in [-0.2, -0.15) is 0 Å². The van der Waals surface area contributed by atoms with Gasteiger partial charge >= 0.3 is 0 Å². The van der Waals surface area contributed by atoms with E-state index in [0.29, 0.717) is 25.3 Å². The number of carbonyl (C=O) groups is 2. The number of benzene rings is 2. The van der Waals surface area contributed by atoms with Gasteiger partial charge < -0.3 is 15.0 Å². The van der Waals surface area contributed by atoms with E-state index in [9.17, 15) is 14.0 Å². The molecule has 0 saturated heterocycles. The number of ether oxygens (including phenoxy) is 1. The molecule has 7 heteroatoms. The number of nitrogens with one attached hydrogen (secondary N) is 1. The molecule has 0 bridgehead atoms. The second-order valence-corrected chi connectivity index (χ2v) is 9.08. The molecule has 35 heavy (non-hydrogen) atoms. The third-order valence-electron chi connectivity index (χ3n) is 6.54. The van der Waals surface area contributed by atoms with Crippen LogP contribution in [0.4, 0.5) is 4.39 Å². The van der Waals surface area contributed by atoms with Crippen molar-refractivity contribution in [1.82, 2.24) is 15.2 Å². The molecule has 1 fully saturated rings. The van der Waals surface area contributed by atoms with Gasteiger partial charge in [0, 0.05) is 37.3 Å². The number of hydrogen-bond donors (Lipinski definition) is 1. The molecule has 2 aliphatic rings. The zero-order valence-corrected chi connectivity index (χ0v) is 19.5. The third-order valence-corrected chi connectivity index (χ3v) is 6.54. The highest BCUT2D eigenvalue weighted by atomic mass is 19.1. The van der Waals surface area contributed by atoms with Crippen molar-refractivity contribution in [2.45, 2.75) is 31.7 Å². The van der Waals surface area contributed by atoms with E-state index in [0.717, 1.165) is 41.6 Å². The van der Waals surface area contributed by atoms with Gasteiger partial charge in [0.15, 0.2) is 6.61 Å². The second kappa shape index (κ2) is 10.3. The molecule has 1 aliphatic carbocycles. The quantitative estimate of drug-likeness (QED) is 0.540. The molecule has 180 valence electrons. The highest BCUT2D eigenvalue weighted by molar-refractivity contribution is 5.82. The van der Waals surface area contributed by atoms with Crippen LogP contribution < -0.4 is 10.1 Å². The molecule has 2 amide bonds. The Morgan fingerprint density at radius 2 is 1.91 bits per heavy atom. The summed E-state index contributed by atoms with van der Waals surface area (Å²) in [5.41, 5.74) is 3.88. The maximum atomic E-state index is 13.6. The molecule has 1 N–H and O–H groups in total. The molecule has 2 heterocycles. The first-order chi connectivity index (χ1) is 17.1. The van der Waals surface area contributed by atoms with Crippen LogP contribution in [0.15, 0.2) is 66.9 Å². The largest absolute Gasteiger partial charge is 0.484 e. The Morgan fingerprint density at radius 3 is 2.66 bits per heavy atom. The molecule has 1 atom stereocenters. The van der Waals surface area contributed by atoms with E-state index in [4.69, 9.17) is 4.74 Å². The van der Waals surface area contributed by atoms with Gasteiger partial charge in [0.2, 0.25) is 5.91 Å².